The van der Waals surface area contributed by atoms with Crippen LogP contribution in [-0.4, -0.2) is 11.7 Å². The monoisotopic (exact) mass is 367 g/mol. The van der Waals surface area contributed by atoms with Crippen molar-refractivity contribution in [3.05, 3.63) is 58.3 Å². The highest BCUT2D eigenvalue weighted by Gasteiger charge is 2.07. The van der Waals surface area contributed by atoms with Crippen molar-refractivity contribution in [1.29, 1.82) is 0 Å². The Morgan fingerprint density at radius 3 is 2.81 bits per heavy atom. The van der Waals surface area contributed by atoms with Crippen LogP contribution in [0.15, 0.2) is 51.8 Å². The summed E-state index contributed by atoms with van der Waals surface area (Å²) in [6.07, 6.45) is 0.377. The molecule has 2 nitrogen and oxygen atoms in total. The molecule has 0 radical (unpaired) electrons. The van der Waals surface area contributed by atoms with Crippen LogP contribution < -0.4 is 5.32 Å². The average molecular weight is 368 g/mol. The van der Waals surface area contributed by atoms with Crippen LogP contribution in [0.2, 0.25) is 0 Å². The summed E-state index contributed by atoms with van der Waals surface area (Å²) in [6.45, 7) is 1.84. The van der Waals surface area contributed by atoms with Crippen molar-refractivity contribution in [2.75, 3.05) is 11.1 Å². The summed E-state index contributed by atoms with van der Waals surface area (Å²) in [5, 5.41) is 2.75. The van der Waals surface area contributed by atoms with Gasteiger partial charge < -0.3 is 5.32 Å². The Morgan fingerprint density at radius 2 is 2.05 bits per heavy atom. The van der Waals surface area contributed by atoms with Crippen molar-refractivity contribution in [2.24, 2.45) is 0 Å². The molecule has 2 aromatic rings. The van der Waals surface area contributed by atoms with Gasteiger partial charge in [0.05, 0.1) is 0 Å². The van der Waals surface area contributed by atoms with Gasteiger partial charge in [-0.25, -0.2) is 4.39 Å². The van der Waals surface area contributed by atoms with Crippen molar-refractivity contribution in [1.82, 2.24) is 0 Å². The number of anilines is 1. The molecule has 0 unspecified atom stereocenters. The van der Waals surface area contributed by atoms with Crippen molar-refractivity contribution >= 4 is 39.3 Å². The van der Waals surface area contributed by atoms with E-state index >= 15 is 0 Å². The topological polar surface area (TPSA) is 29.1 Å². The average Bonchev–Trinajstić information content (AvgIpc) is 2.45. The lowest BCUT2D eigenvalue weighted by molar-refractivity contribution is -0.115. The number of nitrogens with one attached hydrogen (secondary N) is 1. The van der Waals surface area contributed by atoms with Gasteiger partial charge in [-0.3, -0.25) is 4.79 Å². The number of benzene rings is 2. The van der Waals surface area contributed by atoms with Gasteiger partial charge in [-0.2, -0.15) is 0 Å². The van der Waals surface area contributed by atoms with Crippen LogP contribution in [0.5, 0.6) is 0 Å². The molecule has 0 aromatic heterocycles. The zero-order chi connectivity index (χ0) is 15.2. The predicted octanol–water partition coefficient (Wildman–Crippen LogP) is 5.02. The van der Waals surface area contributed by atoms with E-state index in [1.807, 2.05) is 31.2 Å². The van der Waals surface area contributed by atoms with E-state index < -0.39 is 0 Å². The molecule has 0 heterocycles. The summed E-state index contributed by atoms with van der Waals surface area (Å²) < 4.78 is 14.2. The van der Waals surface area contributed by atoms with Gasteiger partial charge >= 0.3 is 0 Å². The first kappa shape index (κ1) is 16.0. The lowest BCUT2D eigenvalue weighted by Gasteiger charge is -2.08. The largest absolute Gasteiger partial charge is 0.326 e. The Bertz CT molecular complexity index is 648. The van der Waals surface area contributed by atoms with Crippen molar-refractivity contribution < 1.29 is 9.18 Å². The van der Waals surface area contributed by atoms with Gasteiger partial charge in [-0.15, -0.1) is 11.8 Å². The van der Waals surface area contributed by atoms with E-state index in [0.717, 1.165) is 14.9 Å². The third-order valence-corrected chi connectivity index (χ3v) is 4.93. The van der Waals surface area contributed by atoms with Gasteiger partial charge in [-0.05, 0) is 52.7 Å². The molecule has 21 heavy (non-hydrogen) atoms. The Hall–Kier alpha value is -1.33. The molecule has 1 N–H and O–H groups in total. The number of rotatable bonds is 5. The maximum atomic E-state index is 13.2. The van der Waals surface area contributed by atoms with E-state index in [-0.39, 0.29) is 11.7 Å². The number of thioether (sulfide) groups is 1. The molecule has 0 atom stereocenters. The van der Waals surface area contributed by atoms with E-state index in [4.69, 9.17) is 0 Å². The number of carbonyl (C=O) groups excluding carboxylic acids is 1. The van der Waals surface area contributed by atoms with Gasteiger partial charge in [0.15, 0.2) is 0 Å². The Balaban J connectivity index is 1.85. The molecule has 0 aliphatic carbocycles. The highest BCUT2D eigenvalue weighted by atomic mass is 79.9. The van der Waals surface area contributed by atoms with Crippen LogP contribution in [0.1, 0.15) is 12.0 Å². The molecule has 0 bridgehead atoms. The highest BCUT2D eigenvalue weighted by molar-refractivity contribution is 9.10. The first-order valence-electron chi connectivity index (χ1n) is 6.49. The van der Waals surface area contributed by atoms with Crippen molar-refractivity contribution in [3.8, 4) is 0 Å². The molecule has 0 aliphatic rings. The number of amides is 1. The van der Waals surface area contributed by atoms with Crippen LogP contribution in [0, 0.1) is 12.7 Å². The molecule has 1 amide bonds. The minimum atomic E-state index is -0.349. The number of hydrogen-bond acceptors (Lipinski definition) is 2. The summed E-state index contributed by atoms with van der Waals surface area (Å²) >= 11 is 5.08. The fraction of sp³-hybridized carbons (Fsp3) is 0.188. The summed E-state index contributed by atoms with van der Waals surface area (Å²) in [7, 11) is 0. The fourth-order valence-electron chi connectivity index (χ4n) is 1.76. The van der Waals surface area contributed by atoms with Gasteiger partial charge in [0.25, 0.3) is 0 Å². The first-order chi connectivity index (χ1) is 10.1. The molecule has 2 rings (SSSR count). The Labute approximate surface area is 136 Å². The molecule has 2 aromatic carbocycles. The van der Waals surface area contributed by atoms with E-state index in [1.54, 1.807) is 17.8 Å². The summed E-state index contributed by atoms with van der Waals surface area (Å²) in [4.78, 5) is 13.0. The predicted molar refractivity (Wildman–Crippen MR) is 89.2 cm³/mol. The zero-order valence-electron chi connectivity index (χ0n) is 11.5. The first-order valence-corrected chi connectivity index (χ1v) is 8.27. The van der Waals surface area contributed by atoms with Gasteiger partial charge in [0, 0.05) is 27.2 Å². The normalized spacial score (nSPS) is 10.4. The molecule has 110 valence electrons. The molecule has 0 aliphatic heterocycles. The van der Waals surface area contributed by atoms with Crippen LogP contribution >= 0.6 is 27.7 Å². The van der Waals surface area contributed by atoms with Crippen LogP contribution in [-0.2, 0) is 4.79 Å². The second kappa shape index (κ2) is 7.61. The Kier molecular flexibility index (Phi) is 5.82. The number of aryl methyl sites for hydroxylation is 1. The molecular weight excluding hydrogens is 353 g/mol. The fourth-order valence-corrected chi connectivity index (χ4v) is 3.27. The van der Waals surface area contributed by atoms with Crippen LogP contribution in [0.3, 0.4) is 0 Å². The quantitative estimate of drug-likeness (QED) is 0.751. The van der Waals surface area contributed by atoms with E-state index in [9.17, 15) is 9.18 Å². The molecule has 0 spiro atoms. The number of halogens is 2. The maximum Gasteiger partial charge on any atom is 0.225 e. The summed E-state index contributed by atoms with van der Waals surface area (Å²) in [5.41, 5.74) is 1.38. The van der Waals surface area contributed by atoms with E-state index in [2.05, 4.69) is 21.2 Å². The minimum absolute atomic E-state index is 0.108. The van der Waals surface area contributed by atoms with Gasteiger partial charge in [0.1, 0.15) is 5.82 Å². The van der Waals surface area contributed by atoms with Crippen molar-refractivity contribution in [2.45, 2.75) is 18.2 Å². The lowest BCUT2D eigenvalue weighted by Crippen LogP contribution is -2.13. The standard InChI is InChI=1S/C16H15BrFNOS/c1-11-6-7-12(18)10-14(11)19-16(20)8-9-21-15-5-3-2-4-13(15)17/h2-7,10H,8-9H2,1H3,(H,19,20). The second-order valence-electron chi connectivity index (χ2n) is 4.54. The number of carbonyl (C=O) groups is 1. The van der Waals surface area contributed by atoms with Crippen LogP contribution in [0.4, 0.5) is 10.1 Å². The molecule has 0 saturated heterocycles. The molecule has 0 fully saturated rings. The third-order valence-electron chi connectivity index (χ3n) is 2.90. The zero-order valence-corrected chi connectivity index (χ0v) is 13.9. The van der Waals surface area contributed by atoms with Gasteiger partial charge in [-0.1, -0.05) is 18.2 Å². The second-order valence-corrected chi connectivity index (χ2v) is 6.53. The van der Waals surface area contributed by atoms with Crippen LogP contribution in [0.25, 0.3) is 0 Å². The van der Waals surface area contributed by atoms with E-state index in [1.165, 1.54) is 12.1 Å². The molecular formula is C16H15BrFNOS. The minimum Gasteiger partial charge on any atom is -0.326 e. The lowest BCUT2D eigenvalue weighted by atomic mass is 10.2. The SMILES string of the molecule is Cc1ccc(F)cc1NC(=O)CCSc1ccccc1Br. The third kappa shape index (κ3) is 4.86. The summed E-state index contributed by atoms with van der Waals surface area (Å²) in [5.74, 6) is 0.213. The molecule has 5 heteroatoms. The van der Waals surface area contributed by atoms with Gasteiger partial charge in [0.2, 0.25) is 5.91 Å². The van der Waals surface area contributed by atoms with E-state index in [0.29, 0.717) is 17.9 Å². The Morgan fingerprint density at radius 1 is 1.29 bits per heavy atom. The smallest absolute Gasteiger partial charge is 0.225 e. The van der Waals surface area contributed by atoms with Crippen molar-refractivity contribution in [3.63, 3.8) is 0 Å². The molecule has 0 saturated carbocycles. The maximum absolute atomic E-state index is 13.2. The number of hydrogen-bond donors (Lipinski definition) is 1. The highest BCUT2D eigenvalue weighted by Crippen LogP contribution is 2.27. The summed E-state index contributed by atoms with van der Waals surface area (Å²) in [6, 6.07) is 12.3.